The van der Waals surface area contributed by atoms with E-state index in [2.05, 4.69) is 4.98 Å². The van der Waals surface area contributed by atoms with Crippen molar-refractivity contribution < 1.29 is 29.0 Å². The summed E-state index contributed by atoms with van der Waals surface area (Å²) in [6, 6.07) is 14.5. The molecule has 2 aromatic carbocycles. The van der Waals surface area contributed by atoms with Crippen LogP contribution in [0.4, 0.5) is 0 Å². The van der Waals surface area contributed by atoms with Crippen LogP contribution in [-0.4, -0.2) is 46.4 Å². The zero-order chi connectivity index (χ0) is 25.8. The third kappa shape index (κ3) is 4.70. The van der Waals surface area contributed by atoms with E-state index in [4.69, 9.17) is 9.47 Å². The van der Waals surface area contributed by atoms with Crippen molar-refractivity contribution in [2.75, 3.05) is 13.7 Å². The highest BCUT2D eigenvalue weighted by Gasteiger charge is 2.46. The minimum atomic E-state index is -0.867. The summed E-state index contributed by atoms with van der Waals surface area (Å²) in [5, 5.41) is 11.3. The lowest BCUT2D eigenvalue weighted by atomic mass is 9.95. The van der Waals surface area contributed by atoms with Crippen molar-refractivity contribution in [1.29, 1.82) is 0 Å². The van der Waals surface area contributed by atoms with Crippen molar-refractivity contribution in [3.05, 3.63) is 100 Å². The van der Waals surface area contributed by atoms with Gasteiger partial charge in [-0.1, -0.05) is 29.8 Å². The summed E-state index contributed by atoms with van der Waals surface area (Å²) < 4.78 is 10.4. The summed E-state index contributed by atoms with van der Waals surface area (Å²) in [5.41, 5.74) is 2.80. The average Bonchev–Trinajstić information content (AvgIpc) is 3.14. The first kappa shape index (κ1) is 24.7. The molecule has 1 fully saturated rings. The summed E-state index contributed by atoms with van der Waals surface area (Å²) in [4.78, 5) is 44.0. The number of aromatic nitrogens is 1. The number of rotatable bonds is 7. The van der Waals surface area contributed by atoms with Crippen LogP contribution in [0.5, 0.6) is 5.75 Å². The molecule has 1 unspecified atom stereocenters. The number of aliphatic hydroxyl groups is 1. The van der Waals surface area contributed by atoms with Crippen LogP contribution in [-0.2, 0) is 20.9 Å². The summed E-state index contributed by atoms with van der Waals surface area (Å²) in [6.07, 6.45) is 3.15. The van der Waals surface area contributed by atoms with E-state index in [1.54, 1.807) is 67.8 Å². The molecule has 184 valence electrons. The number of Topliss-reactive ketones (excluding diaryl/α,β-unsaturated/α-hetero) is 1. The van der Waals surface area contributed by atoms with Crippen molar-refractivity contribution in [3.63, 3.8) is 0 Å². The van der Waals surface area contributed by atoms with Gasteiger partial charge in [0.15, 0.2) is 0 Å². The Morgan fingerprint density at radius 1 is 1.11 bits per heavy atom. The molecule has 1 aliphatic heterocycles. The average molecular weight is 487 g/mol. The quantitative estimate of drug-likeness (QED) is 0.231. The Morgan fingerprint density at radius 2 is 1.86 bits per heavy atom. The molecule has 0 saturated carbocycles. The fourth-order valence-corrected chi connectivity index (χ4v) is 4.24. The number of hydrogen-bond donors (Lipinski definition) is 1. The van der Waals surface area contributed by atoms with Gasteiger partial charge in [0.25, 0.3) is 11.7 Å². The van der Waals surface area contributed by atoms with Gasteiger partial charge in [0.2, 0.25) is 0 Å². The van der Waals surface area contributed by atoms with Gasteiger partial charge in [0, 0.05) is 18.9 Å². The number of nitrogens with zero attached hydrogens (tertiary/aromatic N) is 2. The number of esters is 1. The van der Waals surface area contributed by atoms with E-state index < -0.39 is 23.7 Å². The second kappa shape index (κ2) is 10.4. The van der Waals surface area contributed by atoms with Crippen LogP contribution in [0, 0.1) is 6.92 Å². The van der Waals surface area contributed by atoms with Gasteiger partial charge in [-0.05, 0) is 55.3 Å². The molecule has 36 heavy (non-hydrogen) atoms. The predicted molar refractivity (Wildman–Crippen MR) is 132 cm³/mol. The number of aryl methyl sites for hydroxylation is 1. The fraction of sp³-hybridized carbons (Fsp3) is 0.214. The molecule has 1 saturated heterocycles. The number of likely N-dealkylation sites (tertiary alicyclic amines) is 1. The number of ether oxygens (including phenoxy) is 2. The number of ketones is 1. The van der Waals surface area contributed by atoms with E-state index in [1.807, 2.05) is 13.0 Å². The monoisotopic (exact) mass is 486 g/mol. The van der Waals surface area contributed by atoms with Crippen LogP contribution in [0.2, 0.25) is 0 Å². The predicted octanol–water partition coefficient (Wildman–Crippen LogP) is 4.20. The SMILES string of the molecule is CCOC(=O)c1ccc(CN2C(=O)C(=O)/C(=C(/O)c3cc(C)ccc3OC)C2c2cccnc2)cc1. The van der Waals surface area contributed by atoms with E-state index in [-0.39, 0.29) is 24.5 Å². The van der Waals surface area contributed by atoms with Crippen molar-refractivity contribution >= 4 is 23.4 Å². The van der Waals surface area contributed by atoms with Gasteiger partial charge in [-0.2, -0.15) is 0 Å². The van der Waals surface area contributed by atoms with Crippen molar-refractivity contribution in [2.24, 2.45) is 0 Å². The van der Waals surface area contributed by atoms with E-state index in [0.29, 0.717) is 28.0 Å². The lowest BCUT2D eigenvalue weighted by Crippen LogP contribution is -2.29. The third-order valence-corrected chi connectivity index (χ3v) is 5.97. The molecule has 2 heterocycles. The first-order chi connectivity index (χ1) is 17.3. The summed E-state index contributed by atoms with van der Waals surface area (Å²) in [7, 11) is 1.47. The number of aliphatic hydroxyl groups excluding tert-OH is 1. The van der Waals surface area contributed by atoms with Crippen LogP contribution >= 0.6 is 0 Å². The van der Waals surface area contributed by atoms with Gasteiger partial charge in [-0.15, -0.1) is 0 Å². The molecule has 0 spiro atoms. The minimum Gasteiger partial charge on any atom is -0.507 e. The first-order valence-corrected chi connectivity index (χ1v) is 11.4. The highest BCUT2D eigenvalue weighted by molar-refractivity contribution is 6.46. The molecule has 3 aromatic rings. The Kier molecular flexibility index (Phi) is 7.15. The zero-order valence-corrected chi connectivity index (χ0v) is 20.2. The Bertz CT molecular complexity index is 1330. The molecule has 0 aliphatic carbocycles. The number of benzene rings is 2. The van der Waals surface area contributed by atoms with Crippen LogP contribution in [0.25, 0.3) is 5.76 Å². The van der Waals surface area contributed by atoms with Crippen molar-refractivity contribution in [1.82, 2.24) is 9.88 Å². The highest BCUT2D eigenvalue weighted by atomic mass is 16.5. The molecular weight excluding hydrogens is 460 g/mol. The van der Waals surface area contributed by atoms with Crippen LogP contribution < -0.4 is 4.74 Å². The first-order valence-electron chi connectivity index (χ1n) is 11.4. The van der Waals surface area contributed by atoms with Crippen LogP contribution in [0.3, 0.4) is 0 Å². The summed E-state index contributed by atoms with van der Waals surface area (Å²) in [5.74, 6) is -1.92. The van der Waals surface area contributed by atoms with Gasteiger partial charge in [0.1, 0.15) is 11.5 Å². The minimum absolute atomic E-state index is 0.0416. The molecule has 8 nitrogen and oxygen atoms in total. The topological polar surface area (TPSA) is 106 Å². The van der Waals surface area contributed by atoms with Gasteiger partial charge < -0.3 is 19.5 Å². The van der Waals surface area contributed by atoms with E-state index in [1.165, 1.54) is 12.0 Å². The summed E-state index contributed by atoms with van der Waals surface area (Å²) >= 11 is 0. The largest absolute Gasteiger partial charge is 0.507 e. The van der Waals surface area contributed by atoms with Gasteiger partial charge in [-0.25, -0.2) is 4.79 Å². The Hall–Kier alpha value is -4.46. The third-order valence-electron chi connectivity index (χ3n) is 5.97. The van der Waals surface area contributed by atoms with Crippen LogP contribution in [0.15, 0.2) is 72.6 Å². The van der Waals surface area contributed by atoms with Gasteiger partial charge in [0.05, 0.1) is 36.5 Å². The number of hydrogen-bond acceptors (Lipinski definition) is 7. The van der Waals surface area contributed by atoms with Crippen molar-refractivity contribution in [2.45, 2.75) is 26.4 Å². The highest BCUT2D eigenvalue weighted by Crippen LogP contribution is 2.41. The maximum atomic E-state index is 13.3. The molecule has 1 atom stereocenters. The Labute approximate surface area is 208 Å². The van der Waals surface area contributed by atoms with Gasteiger partial charge in [-0.3, -0.25) is 14.6 Å². The van der Waals surface area contributed by atoms with Gasteiger partial charge >= 0.3 is 5.97 Å². The fourth-order valence-electron chi connectivity index (χ4n) is 4.24. The lowest BCUT2D eigenvalue weighted by molar-refractivity contribution is -0.140. The number of methoxy groups -OCH3 is 1. The molecular formula is C28H26N2O6. The van der Waals surface area contributed by atoms with Crippen molar-refractivity contribution in [3.8, 4) is 5.75 Å². The maximum Gasteiger partial charge on any atom is 0.338 e. The van der Waals surface area contributed by atoms with Crippen LogP contribution in [0.1, 0.15) is 45.6 Å². The molecule has 4 rings (SSSR count). The number of carbonyl (C=O) groups is 3. The normalized spacial score (nSPS) is 16.8. The Morgan fingerprint density at radius 3 is 2.50 bits per heavy atom. The van der Waals surface area contributed by atoms with E-state index in [0.717, 1.165) is 5.56 Å². The molecule has 8 heteroatoms. The van der Waals surface area contributed by atoms with E-state index in [9.17, 15) is 19.5 Å². The number of amides is 1. The molecule has 0 bridgehead atoms. The molecule has 1 aliphatic rings. The number of pyridine rings is 1. The summed E-state index contributed by atoms with van der Waals surface area (Å²) in [6.45, 7) is 3.93. The molecule has 1 amide bonds. The second-order valence-electron chi connectivity index (χ2n) is 8.33. The molecule has 1 aromatic heterocycles. The molecule has 1 N–H and O–H groups in total. The molecule has 0 radical (unpaired) electrons. The zero-order valence-electron chi connectivity index (χ0n) is 20.2. The Balaban J connectivity index is 1.79. The second-order valence-corrected chi connectivity index (χ2v) is 8.33. The lowest BCUT2D eigenvalue weighted by Gasteiger charge is -2.25. The van der Waals surface area contributed by atoms with E-state index >= 15 is 0 Å². The number of carbonyl (C=O) groups excluding carboxylic acids is 3. The smallest absolute Gasteiger partial charge is 0.338 e. The standard InChI is InChI=1S/C28H26N2O6/c1-4-36-28(34)19-10-8-18(9-11-19)16-30-24(20-6-5-13-29-15-20)23(26(32)27(30)33)25(31)21-14-17(2)7-12-22(21)35-3/h5-15,24,31H,4,16H2,1-3H3/b25-23+. The maximum absolute atomic E-state index is 13.3.